The van der Waals surface area contributed by atoms with Gasteiger partial charge in [-0.05, 0) is 37.1 Å². The quantitative estimate of drug-likeness (QED) is 0.931. The van der Waals surface area contributed by atoms with Gasteiger partial charge in [0.25, 0.3) is 0 Å². The van der Waals surface area contributed by atoms with E-state index in [4.69, 9.17) is 9.47 Å². The topological polar surface area (TPSA) is 30.5 Å². The van der Waals surface area contributed by atoms with Gasteiger partial charge in [0.2, 0.25) is 0 Å². The van der Waals surface area contributed by atoms with Gasteiger partial charge in [-0.1, -0.05) is 15.9 Å². The number of nitrogens with one attached hydrogen (secondary N) is 1. The van der Waals surface area contributed by atoms with Crippen LogP contribution in [0.4, 0.5) is 0 Å². The highest BCUT2D eigenvalue weighted by Crippen LogP contribution is 2.33. The van der Waals surface area contributed by atoms with Crippen LogP contribution < -0.4 is 10.1 Å². The maximum Gasteiger partial charge on any atom is 0.128 e. The fourth-order valence-electron chi connectivity index (χ4n) is 2.62. The Morgan fingerprint density at radius 3 is 3.22 bits per heavy atom. The molecule has 3 nitrogen and oxygen atoms in total. The molecule has 4 heteroatoms. The first-order chi connectivity index (χ1) is 8.83. The summed E-state index contributed by atoms with van der Waals surface area (Å²) in [5.74, 6) is 1.04. The predicted octanol–water partition coefficient (Wildman–Crippen LogP) is 2.65. The Morgan fingerprint density at radius 2 is 2.39 bits per heavy atom. The van der Waals surface area contributed by atoms with E-state index in [0.717, 1.165) is 42.8 Å². The van der Waals surface area contributed by atoms with Crippen molar-refractivity contribution >= 4 is 15.9 Å². The minimum absolute atomic E-state index is 0.342. The van der Waals surface area contributed by atoms with E-state index in [9.17, 15) is 0 Å². The molecular formula is C14H18BrNO2. The van der Waals surface area contributed by atoms with Crippen LogP contribution >= 0.6 is 15.9 Å². The highest BCUT2D eigenvalue weighted by Gasteiger charge is 2.19. The number of piperidine rings is 1. The lowest BCUT2D eigenvalue weighted by molar-refractivity contribution is 0.0244. The molecule has 18 heavy (non-hydrogen) atoms. The molecule has 2 heterocycles. The SMILES string of the molecule is Brc1cc2c(c(CO[C@H]3CCCNC3)c1)OCC2. The standard InChI is InChI=1S/C14H18BrNO2/c15-12-6-10-3-5-17-14(10)11(7-12)9-18-13-2-1-4-16-8-13/h6-7,13,16H,1-5,8-9H2/t13-/m0/s1. The van der Waals surface area contributed by atoms with Crippen LogP contribution in [0.1, 0.15) is 24.0 Å². The molecule has 1 aromatic carbocycles. The van der Waals surface area contributed by atoms with Crippen LogP contribution in [0.3, 0.4) is 0 Å². The van der Waals surface area contributed by atoms with Crippen LogP contribution in [0.2, 0.25) is 0 Å². The van der Waals surface area contributed by atoms with Crippen molar-refractivity contribution in [2.45, 2.75) is 32.0 Å². The number of ether oxygens (including phenoxy) is 2. The summed E-state index contributed by atoms with van der Waals surface area (Å²) in [6.45, 7) is 3.53. The van der Waals surface area contributed by atoms with Gasteiger partial charge in [0.1, 0.15) is 5.75 Å². The predicted molar refractivity (Wildman–Crippen MR) is 74.0 cm³/mol. The molecular weight excluding hydrogens is 294 g/mol. The summed E-state index contributed by atoms with van der Waals surface area (Å²) in [5, 5.41) is 3.37. The second kappa shape index (κ2) is 5.59. The molecule has 2 aliphatic rings. The third-order valence-electron chi connectivity index (χ3n) is 3.55. The lowest BCUT2D eigenvalue weighted by Gasteiger charge is -2.23. The molecule has 98 valence electrons. The Bertz CT molecular complexity index is 430. The third-order valence-corrected chi connectivity index (χ3v) is 4.01. The highest BCUT2D eigenvalue weighted by atomic mass is 79.9. The largest absolute Gasteiger partial charge is 0.493 e. The fourth-order valence-corrected chi connectivity index (χ4v) is 3.18. The summed E-state index contributed by atoms with van der Waals surface area (Å²) in [4.78, 5) is 0. The van der Waals surface area contributed by atoms with E-state index in [-0.39, 0.29) is 0 Å². The van der Waals surface area contributed by atoms with Gasteiger partial charge < -0.3 is 14.8 Å². The van der Waals surface area contributed by atoms with E-state index in [1.807, 2.05) is 0 Å². The van der Waals surface area contributed by atoms with Crippen LogP contribution in [0, 0.1) is 0 Å². The number of fused-ring (bicyclic) bond motifs is 1. The van der Waals surface area contributed by atoms with E-state index in [1.165, 1.54) is 17.5 Å². The zero-order chi connectivity index (χ0) is 12.4. The Hall–Kier alpha value is -0.580. The Morgan fingerprint density at radius 1 is 1.44 bits per heavy atom. The molecule has 0 radical (unpaired) electrons. The Balaban J connectivity index is 1.68. The number of halogens is 1. The number of hydrogen-bond acceptors (Lipinski definition) is 3. The average molecular weight is 312 g/mol. The van der Waals surface area contributed by atoms with E-state index in [2.05, 4.69) is 33.4 Å². The first kappa shape index (κ1) is 12.5. The first-order valence-electron chi connectivity index (χ1n) is 6.59. The number of rotatable bonds is 3. The monoisotopic (exact) mass is 311 g/mol. The fraction of sp³-hybridized carbons (Fsp3) is 0.571. The summed E-state index contributed by atoms with van der Waals surface area (Å²) < 4.78 is 12.8. The van der Waals surface area contributed by atoms with Crippen molar-refractivity contribution in [3.8, 4) is 5.75 Å². The van der Waals surface area contributed by atoms with Crippen molar-refractivity contribution in [2.75, 3.05) is 19.7 Å². The van der Waals surface area contributed by atoms with Crippen molar-refractivity contribution in [1.82, 2.24) is 5.32 Å². The average Bonchev–Trinajstić information content (AvgIpc) is 2.85. The zero-order valence-corrected chi connectivity index (χ0v) is 12.0. The maximum atomic E-state index is 5.99. The molecule has 1 fully saturated rings. The van der Waals surface area contributed by atoms with Gasteiger partial charge in [0.15, 0.2) is 0 Å². The van der Waals surface area contributed by atoms with Crippen LogP contribution in [0.25, 0.3) is 0 Å². The molecule has 0 bridgehead atoms. The lowest BCUT2D eigenvalue weighted by Crippen LogP contribution is -2.35. The van der Waals surface area contributed by atoms with E-state index in [0.29, 0.717) is 12.7 Å². The van der Waals surface area contributed by atoms with E-state index in [1.54, 1.807) is 0 Å². The maximum absolute atomic E-state index is 5.99. The van der Waals surface area contributed by atoms with Crippen molar-refractivity contribution in [3.63, 3.8) is 0 Å². The molecule has 0 aliphatic carbocycles. The third kappa shape index (κ3) is 2.71. The lowest BCUT2D eigenvalue weighted by atomic mass is 10.1. The summed E-state index contributed by atoms with van der Waals surface area (Å²) in [6.07, 6.45) is 3.71. The van der Waals surface area contributed by atoms with Gasteiger partial charge in [-0.25, -0.2) is 0 Å². The Kier molecular flexibility index (Phi) is 3.87. The van der Waals surface area contributed by atoms with Gasteiger partial charge in [0.05, 0.1) is 19.3 Å². The van der Waals surface area contributed by atoms with Crippen LogP contribution in [0.15, 0.2) is 16.6 Å². The zero-order valence-electron chi connectivity index (χ0n) is 10.4. The van der Waals surface area contributed by atoms with Gasteiger partial charge in [-0.15, -0.1) is 0 Å². The summed E-state index contributed by atoms with van der Waals surface area (Å²) in [7, 11) is 0. The summed E-state index contributed by atoms with van der Waals surface area (Å²) >= 11 is 3.56. The molecule has 2 aliphatic heterocycles. The molecule has 0 spiro atoms. The van der Waals surface area contributed by atoms with Gasteiger partial charge >= 0.3 is 0 Å². The second-order valence-electron chi connectivity index (χ2n) is 4.93. The molecule has 1 atom stereocenters. The van der Waals surface area contributed by atoms with Gasteiger partial charge in [-0.2, -0.15) is 0 Å². The molecule has 0 amide bonds. The minimum atomic E-state index is 0.342. The van der Waals surface area contributed by atoms with Gasteiger partial charge in [0, 0.05) is 23.0 Å². The smallest absolute Gasteiger partial charge is 0.128 e. The number of benzene rings is 1. The van der Waals surface area contributed by atoms with E-state index >= 15 is 0 Å². The molecule has 0 unspecified atom stereocenters. The first-order valence-corrected chi connectivity index (χ1v) is 7.38. The molecule has 0 aromatic heterocycles. The normalized spacial score (nSPS) is 22.6. The van der Waals surface area contributed by atoms with Crippen molar-refractivity contribution in [2.24, 2.45) is 0 Å². The van der Waals surface area contributed by atoms with E-state index < -0.39 is 0 Å². The molecule has 1 N–H and O–H groups in total. The Labute approximate surface area is 116 Å². The van der Waals surface area contributed by atoms with Crippen LogP contribution in [-0.4, -0.2) is 25.8 Å². The van der Waals surface area contributed by atoms with Crippen molar-refractivity contribution in [1.29, 1.82) is 0 Å². The van der Waals surface area contributed by atoms with Crippen molar-refractivity contribution < 1.29 is 9.47 Å². The van der Waals surface area contributed by atoms with Crippen molar-refractivity contribution in [3.05, 3.63) is 27.7 Å². The minimum Gasteiger partial charge on any atom is -0.493 e. The van der Waals surface area contributed by atoms with Crippen LogP contribution in [0.5, 0.6) is 5.75 Å². The molecule has 3 rings (SSSR count). The molecule has 1 aromatic rings. The van der Waals surface area contributed by atoms with Crippen LogP contribution in [-0.2, 0) is 17.8 Å². The van der Waals surface area contributed by atoms with Gasteiger partial charge in [-0.3, -0.25) is 0 Å². The number of hydrogen-bond donors (Lipinski definition) is 1. The summed E-state index contributed by atoms with van der Waals surface area (Å²) in [5.41, 5.74) is 2.46. The molecule has 1 saturated heterocycles. The highest BCUT2D eigenvalue weighted by molar-refractivity contribution is 9.10. The summed E-state index contributed by atoms with van der Waals surface area (Å²) in [6, 6.07) is 4.26. The molecule has 0 saturated carbocycles. The second-order valence-corrected chi connectivity index (χ2v) is 5.85.